The Kier molecular flexibility index (Phi) is 6.94. The molecule has 0 aromatic rings. The van der Waals surface area contributed by atoms with E-state index < -0.39 is 6.09 Å². The maximum absolute atomic E-state index is 11.3. The third kappa shape index (κ3) is 4.23. The SMILES string of the molecule is CC(C)C(N)CCC(C)C1CCC2C3CCC4CC(OC(N)=O)CC[C@]4(C)C3CC[C@]12C. The van der Waals surface area contributed by atoms with Crippen molar-refractivity contribution in [2.24, 2.45) is 63.7 Å². The molecule has 4 N–H and O–H groups in total. The Morgan fingerprint density at radius 2 is 1.62 bits per heavy atom. The van der Waals surface area contributed by atoms with Crippen LogP contribution in [0.5, 0.6) is 0 Å². The molecule has 4 aliphatic carbocycles. The zero-order valence-corrected chi connectivity index (χ0v) is 21.4. The van der Waals surface area contributed by atoms with Crippen molar-refractivity contribution in [3.63, 3.8) is 0 Å². The van der Waals surface area contributed by atoms with Gasteiger partial charge >= 0.3 is 6.09 Å². The van der Waals surface area contributed by atoms with Crippen LogP contribution in [0.25, 0.3) is 0 Å². The Morgan fingerprint density at radius 3 is 2.31 bits per heavy atom. The summed E-state index contributed by atoms with van der Waals surface area (Å²) in [7, 11) is 0. The van der Waals surface area contributed by atoms with Crippen LogP contribution in [0.15, 0.2) is 0 Å². The molecule has 4 nitrogen and oxygen atoms in total. The van der Waals surface area contributed by atoms with Crippen molar-refractivity contribution in [3.05, 3.63) is 0 Å². The number of hydrogen-bond donors (Lipinski definition) is 2. The third-order valence-electron chi connectivity index (χ3n) is 11.5. The van der Waals surface area contributed by atoms with E-state index in [2.05, 4.69) is 34.6 Å². The normalized spacial score (nSPS) is 45.5. The van der Waals surface area contributed by atoms with Crippen LogP contribution in [0.2, 0.25) is 0 Å². The van der Waals surface area contributed by atoms with Crippen LogP contribution in [0, 0.1) is 52.3 Å². The highest BCUT2D eigenvalue weighted by Crippen LogP contribution is 2.68. The van der Waals surface area contributed by atoms with Gasteiger partial charge in [-0.05, 0) is 123 Å². The van der Waals surface area contributed by atoms with Crippen LogP contribution >= 0.6 is 0 Å². The van der Waals surface area contributed by atoms with Crippen molar-refractivity contribution >= 4 is 6.09 Å². The van der Waals surface area contributed by atoms with Gasteiger partial charge in [-0.3, -0.25) is 0 Å². The van der Waals surface area contributed by atoms with Gasteiger partial charge in [-0.25, -0.2) is 4.79 Å². The second-order valence-corrected chi connectivity index (χ2v) is 13.2. The summed E-state index contributed by atoms with van der Waals surface area (Å²) in [6.45, 7) is 12.3. The molecule has 4 saturated carbocycles. The smallest absolute Gasteiger partial charge is 0.404 e. The summed E-state index contributed by atoms with van der Waals surface area (Å²) in [5.74, 6) is 5.61. The molecule has 4 rings (SSSR count). The Morgan fingerprint density at radius 1 is 0.938 bits per heavy atom. The second kappa shape index (κ2) is 9.12. The summed E-state index contributed by atoms with van der Waals surface area (Å²) < 4.78 is 5.43. The molecule has 0 aromatic heterocycles. The van der Waals surface area contributed by atoms with Gasteiger partial charge in [0.05, 0.1) is 0 Å². The summed E-state index contributed by atoms with van der Waals surface area (Å²) in [6.07, 6.45) is 13.5. The average Bonchev–Trinajstić information content (AvgIpc) is 3.08. The predicted molar refractivity (Wildman–Crippen MR) is 131 cm³/mol. The fourth-order valence-corrected chi connectivity index (χ4v) is 9.46. The van der Waals surface area contributed by atoms with Crippen molar-refractivity contribution in [1.82, 2.24) is 0 Å². The van der Waals surface area contributed by atoms with Crippen molar-refractivity contribution in [2.75, 3.05) is 0 Å². The zero-order chi connectivity index (χ0) is 23.3. The summed E-state index contributed by atoms with van der Waals surface area (Å²) in [6, 6.07) is 0.349. The predicted octanol–water partition coefficient (Wildman–Crippen LogP) is 6.51. The van der Waals surface area contributed by atoms with Crippen LogP contribution < -0.4 is 11.5 Å². The van der Waals surface area contributed by atoms with E-state index in [-0.39, 0.29) is 6.10 Å². The van der Waals surface area contributed by atoms with E-state index in [1.807, 2.05) is 0 Å². The topological polar surface area (TPSA) is 78.3 Å². The van der Waals surface area contributed by atoms with Gasteiger partial charge < -0.3 is 16.2 Å². The monoisotopic (exact) mass is 446 g/mol. The van der Waals surface area contributed by atoms with Gasteiger partial charge in [-0.1, -0.05) is 34.6 Å². The van der Waals surface area contributed by atoms with Gasteiger partial charge in [-0.2, -0.15) is 0 Å². The molecule has 4 heteroatoms. The minimum absolute atomic E-state index is 0.0462. The number of rotatable bonds is 6. The largest absolute Gasteiger partial charge is 0.446 e. The quantitative estimate of drug-likeness (QED) is 0.488. The van der Waals surface area contributed by atoms with E-state index in [1.165, 1.54) is 57.8 Å². The third-order valence-corrected chi connectivity index (χ3v) is 11.5. The standard InChI is InChI=1S/C28H50N2O2/c1-17(2)25(29)11-6-18(3)22-9-10-23-21-8-7-19-16-20(32-26(30)31)12-14-27(19,4)24(21)13-15-28(22,23)5/h17-25H,6-16,29H2,1-5H3,(H2,30,31)/t18?,19?,20?,21?,22?,23?,24?,25?,27-,28+/m0/s1. The average molecular weight is 447 g/mol. The summed E-state index contributed by atoms with van der Waals surface area (Å²) in [4.78, 5) is 11.3. The van der Waals surface area contributed by atoms with E-state index in [1.54, 1.807) is 0 Å². The molecule has 4 aliphatic rings. The van der Waals surface area contributed by atoms with E-state index in [0.29, 0.717) is 28.7 Å². The number of ether oxygens (including phenoxy) is 1. The zero-order valence-electron chi connectivity index (χ0n) is 21.4. The molecule has 0 aromatic carbocycles. The second-order valence-electron chi connectivity index (χ2n) is 13.2. The lowest BCUT2D eigenvalue weighted by Crippen LogP contribution is -2.54. The highest BCUT2D eigenvalue weighted by molar-refractivity contribution is 5.64. The van der Waals surface area contributed by atoms with Gasteiger partial charge in [0.2, 0.25) is 0 Å². The number of carbonyl (C=O) groups excluding carboxylic acids is 1. The van der Waals surface area contributed by atoms with Gasteiger partial charge in [0, 0.05) is 6.04 Å². The number of hydrogen-bond acceptors (Lipinski definition) is 3. The van der Waals surface area contributed by atoms with E-state index in [9.17, 15) is 4.79 Å². The lowest BCUT2D eigenvalue weighted by Gasteiger charge is -2.61. The number of primary amides is 1. The summed E-state index contributed by atoms with van der Waals surface area (Å²) >= 11 is 0. The minimum Gasteiger partial charge on any atom is -0.446 e. The van der Waals surface area contributed by atoms with E-state index in [4.69, 9.17) is 16.2 Å². The maximum Gasteiger partial charge on any atom is 0.404 e. The molecule has 0 aliphatic heterocycles. The molecule has 1 amide bonds. The highest BCUT2D eigenvalue weighted by atomic mass is 16.6. The first-order valence-electron chi connectivity index (χ1n) is 13.8. The summed E-state index contributed by atoms with van der Waals surface area (Å²) in [5.41, 5.74) is 12.7. The van der Waals surface area contributed by atoms with Crippen LogP contribution in [0.1, 0.15) is 105 Å². The first-order valence-corrected chi connectivity index (χ1v) is 13.8. The van der Waals surface area contributed by atoms with E-state index >= 15 is 0 Å². The molecule has 8 unspecified atom stereocenters. The molecule has 0 bridgehead atoms. The molecule has 10 atom stereocenters. The number of carbonyl (C=O) groups is 1. The van der Waals surface area contributed by atoms with Crippen molar-refractivity contribution < 1.29 is 9.53 Å². The molecular weight excluding hydrogens is 396 g/mol. The van der Waals surface area contributed by atoms with Crippen LogP contribution in [-0.4, -0.2) is 18.2 Å². The molecule has 0 saturated heterocycles. The molecule has 32 heavy (non-hydrogen) atoms. The molecule has 0 heterocycles. The Bertz CT molecular complexity index is 680. The van der Waals surface area contributed by atoms with E-state index in [0.717, 1.165) is 42.4 Å². The lowest BCUT2D eigenvalue weighted by molar-refractivity contribution is -0.129. The Hall–Kier alpha value is -0.770. The first-order chi connectivity index (χ1) is 15.1. The maximum atomic E-state index is 11.3. The lowest BCUT2D eigenvalue weighted by atomic mass is 9.44. The fourth-order valence-electron chi connectivity index (χ4n) is 9.46. The molecule has 184 valence electrons. The van der Waals surface area contributed by atoms with Gasteiger partial charge in [0.1, 0.15) is 6.10 Å². The van der Waals surface area contributed by atoms with Crippen molar-refractivity contribution in [1.29, 1.82) is 0 Å². The van der Waals surface area contributed by atoms with Gasteiger partial charge in [-0.15, -0.1) is 0 Å². The molecular formula is C28H50N2O2. The minimum atomic E-state index is -0.596. The molecule has 4 fully saturated rings. The van der Waals surface area contributed by atoms with Crippen LogP contribution in [-0.2, 0) is 4.74 Å². The van der Waals surface area contributed by atoms with Gasteiger partial charge in [0.15, 0.2) is 0 Å². The van der Waals surface area contributed by atoms with Crippen molar-refractivity contribution in [2.45, 2.75) is 117 Å². The van der Waals surface area contributed by atoms with Crippen LogP contribution in [0.4, 0.5) is 4.79 Å². The Balaban J connectivity index is 1.43. The molecule has 0 radical (unpaired) electrons. The van der Waals surface area contributed by atoms with Gasteiger partial charge in [0.25, 0.3) is 0 Å². The summed E-state index contributed by atoms with van der Waals surface area (Å²) in [5, 5.41) is 0. The number of amides is 1. The number of nitrogens with two attached hydrogens (primary N) is 2. The van der Waals surface area contributed by atoms with Crippen molar-refractivity contribution in [3.8, 4) is 0 Å². The highest BCUT2D eigenvalue weighted by Gasteiger charge is 2.60. The first kappa shape index (κ1) is 24.4. The fraction of sp³-hybridized carbons (Fsp3) is 0.964. The Labute approximate surface area is 197 Å². The van der Waals surface area contributed by atoms with Crippen LogP contribution in [0.3, 0.4) is 0 Å². The number of fused-ring (bicyclic) bond motifs is 5. The molecule has 0 spiro atoms.